The summed E-state index contributed by atoms with van der Waals surface area (Å²) in [6.07, 6.45) is 3.25. The predicted molar refractivity (Wildman–Crippen MR) is 54.0 cm³/mol. The molecule has 0 heterocycles. The minimum absolute atomic E-state index is 0.132. The predicted octanol–water partition coefficient (Wildman–Crippen LogP) is 2.02. The molecular weight excluding hydrogens is 181 g/mol. The Morgan fingerprint density at radius 2 is 2.29 bits per heavy atom. The zero-order valence-electron chi connectivity index (χ0n) is 7.96. The molecule has 1 rings (SSSR count). The van der Waals surface area contributed by atoms with Gasteiger partial charge in [-0.2, -0.15) is 0 Å². The van der Waals surface area contributed by atoms with Gasteiger partial charge in [0.15, 0.2) is 0 Å². The molecule has 0 aliphatic rings. The zero-order valence-corrected chi connectivity index (χ0v) is 7.96. The fourth-order valence-corrected chi connectivity index (χ4v) is 1.10. The zero-order chi connectivity index (χ0) is 10.6. The molecule has 0 unspecified atom stereocenters. The molecule has 1 aromatic rings. The maximum Gasteiger partial charge on any atom is 0.221 e. The summed E-state index contributed by atoms with van der Waals surface area (Å²) >= 11 is 0. The van der Waals surface area contributed by atoms with Crippen LogP contribution in [-0.4, -0.2) is 5.91 Å². The monoisotopic (exact) mass is 193 g/mol. The number of nitrogens with two attached hydrogens (primary N) is 1. The first kappa shape index (κ1) is 10.4. The molecule has 0 aliphatic carbocycles. The third-order valence-corrected chi connectivity index (χ3v) is 1.84. The number of carbonyl (C=O) groups is 1. The second-order valence-electron chi connectivity index (χ2n) is 3.05. The number of benzene rings is 1. The molecule has 0 radical (unpaired) electrons. The Hall–Kier alpha value is -1.64. The highest BCUT2D eigenvalue weighted by atomic mass is 19.1. The van der Waals surface area contributed by atoms with Crippen LogP contribution in [0.5, 0.6) is 0 Å². The van der Waals surface area contributed by atoms with Gasteiger partial charge in [-0.1, -0.05) is 30.4 Å². The van der Waals surface area contributed by atoms with Crippen molar-refractivity contribution in [1.82, 2.24) is 0 Å². The van der Waals surface area contributed by atoms with E-state index >= 15 is 0 Å². The largest absolute Gasteiger partial charge is 0.369 e. The Labute approximate surface area is 82.2 Å². The average Bonchev–Trinajstić information content (AvgIpc) is 2.12. The van der Waals surface area contributed by atoms with Crippen molar-refractivity contribution in [2.45, 2.75) is 13.3 Å². The van der Waals surface area contributed by atoms with E-state index in [1.54, 1.807) is 37.3 Å². The fraction of sp³-hybridized carbons (Fsp3) is 0.182. The van der Waals surface area contributed by atoms with E-state index in [4.69, 9.17) is 5.73 Å². The first-order valence-corrected chi connectivity index (χ1v) is 4.31. The molecule has 2 nitrogen and oxygen atoms in total. The molecular formula is C11H12FNO. The Morgan fingerprint density at radius 3 is 2.93 bits per heavy atom. The Kier molecular flexibility index (Phi) is 3.40. The molecule has 14 heavy (non-hydrogen) atoms. The molecule has 0 atom stereocenters. The summed E-state index contributed by atoms with van der Waals surface area (Å²) in [7, 11) is 0. The van der Waals surface area contributed by atoms with Crippen molar-refractivity contribution >= 4 is 12.0 Å². The standard InChI is InChI=1S/C11H12FNO/c1-8-4-2-5-9(11(8)12)6-3-7-10(13)14/h2-6H,7H2,1H3,(H2,13,14). The van der Waals surface area contributed by atoms with Crippen molar-refractivity contribution in [3.63, 3.8) is 0 Å². The van der Waals surface area contributed by atoms with E-state index in [2.05, 4.69) is 0 Å². The highest BCUT2D eigenvalue weighted by molar-refractivity contribution is 5.76. The third kappa shape index (κ3) is 2.69. The second-order valence-corrected chi connectivity index (χ2v) is 3.05. The summed E-state index contributed by atoms with van der Waals surface area (Å²) in [5.41, 5.74) is 6.01. The van der Waals surface area contributed by atoms with Gasteiger partial charge in [0.2, 0.25) is 5.91 Å². The number of rotatable bonds is 3. The highest BCUT2D eigenvalue weighted by Crippen LogP contribution is 2.13. The molecule has 0 aromatic heterocycles. The lowest BCUT2D eigenvalue weighted by atomic mass is 10.1. The van der Waals surface area contributed by atoms with Gasteiger partial charge in [-0.05, 0) is 12.5 Å². The van der Waals surface area contributed by atoms with Crippen LogP contribution in [0.15, 0.2) is 24.3 Å². The molecule has 0 bridgehead atoms. The van der Waals surface area contributed by atoms with Crippen LogP contribution in [0, 0.1) is 12.7 Å². The van der Waals surface area contributed by atoms with Crippen molar-refractivity contribution in [1.29, 1.82) is 0 Å². The van der Waals surface area contributed by atoms with Crippen LogP contribution in [0.1, 0.15) is 17.5 Å². The van der Waals surface area contributed by atoms with Gasteiger partial charge >= 0.3 is 0 Å². The van der Waals surface area contributed by atoms with Crippen LogP contribution in [0.4, 0.5) is 4.39 Å². The minimum atomic E-state index is -0.422. The molecule has 2 N–H and O–H groups in total. The molecule has 3 heteroatoms. The first-order valence-electron chi connectivity index (χ1n) is 4.31. The smallest absolute Gasteiger partial charge is 0.221 e. The lowest BCUT2D eigenvalue weighted by Gasteiger charge is -1.99. The summed E-state index contributed by atoms with van der Waals surface area (Å²) in [6.45, 7) is 1.70. The molecule has 0 spiro atoms. The maximum absolute atomic E-state index is 13.4. The quantitative estimate of drug-likeness (QED) is 0.784. The van der Waals surface area contributed by atoms with Crippen LogP contribution < -0.4 is 5.73 Å². The van der Waals surface area contributed by atoms with E-state index in [-0.39, 0.29) is 12.2 Å². The van der Waals surface area contributed by atoms with Gasteiger partial charge in [0.1, 0.15) is 5.82 Å². The summed E-state index contributed by atoms with van der Waals surface area (Å²) < 4.78 is 13.4. The Morgan fingerprint density at radius 1 is 1.57 bits per heavy atom. The summed E-state index contributed by atoms with van der Waals surface area (Å²) in [5.74, 6) is -0.678. The number of carbonyl (C=O) groups excluding carboxylic acids is 1. The van der Waals surface area contributed by atoms with Crippen molar-refractivity contribution in [3.8, 4) is 0 Å². The van der Waals surface area contributed by atoms with E-state index in [1.807, 2.05) is 0 Å². The van der Waals surface area contributed by atoms with E-state index in [0.29, 0.717) is 11.1 Å². The number of hydrogen-bond acceptors (Lipinski definition) is 1. The molecule has 1 amide bonds. The lowest BCUT2D eigenvalue weighted by Crippen LogP contribution is -2.07. The van der Waals surface area contributed by atoms with Gasteiger partial charge in [0.05, 0.1) is 0 Å². The van der Waals surface area contributed by atoms with Gasteiger partial charge in [-0.25, -0.2) is 4.39 Å². The fourth-order valence-electron chi connectivity index (χ4n) is 1.10. The van der Waals surface area contributed by atoms with Crippen LogP contribution in [0.3, 0.4) is 0 Å². The second kappa shape index (κ2) is 4.56. The lowest BCUT2D eigenvalue weighted by molar-refractivity contribution is -0.117. The van der Waals surface area contributed by atoms with Crippen LogP contribution in [-0.2, 0) is 4.79 Å². The number of aryl methyl sites for hydroxylation is 1. The SMILES string of the molecule is Cc1cccc(C=CCC(N)=O)c1F. The van der Waals surface area contributed by atoms with Crippen molar-refractivity contribution in [3.05, 3.63) is 41.2 Å². The minimum Gasteiger partial charge on any atom is -0.369 e. The summed E-state index contributed by atoms with van der Waals surface area (Å²) in [6, 6.07) is 5.11. The topological polar surface area (TPSA) is 43.1 Å². The summed E-state index contributed by atoms with van der Waals surface area (Å²) in [4.78, 5) is 10.4. The normalized spacial score (nSPS) is 10.7. The molecule has 0 saturated heterocycles. The molecule has 0 aliphatic heterocycles. The molecule has 74 valence electrons. The number of hydrogen-bond donors (Lipinski definition) is 1. The molecule has 0 fully saturated rings. The van der Waals surface area contributed by atoms with Crippen molar-refractivity contribution in [2.75, 3.05) is 0 Å². The van der Waals surface area contributed by atoms with Crippen LogP contribution >= 0.6 is 0 Å². The third-order valence-electron chi connectivity index (χ3n) is 1.84. The first-order chi connectivity index (χ1) is 6.61. The van der Waals surface area contributed by atoms with Gasteiger partial charge in [0.25, 0.3) is 0 Å². The maximum atomic E-state index is 13.4. The average molecular weight is 193 g/mol. The number of primary amides is 1. The van der Waals surface area contributed by atoms with Gasteiger partial charge in [0, 0.05) is 12.0 Å². The van der Waals surface area contributed by atoms with Gasteiger partial charge in [-0.3, -0.25) is 4.79 Å². The van der Waals surface area contributed by atoms with Gasteiger partial charge < -0.3 is 5.73 Å². The van der Waals surface area contributed by atoms with E-state index < -0.39 is 5.91 Å². The molecule has 0 saturated carbocycles. The highest BCUT2D eigenvalue weighted by Gasteiger charge is 2.00. The molecule has 1 aromatic carbocycles. The van der Waals surface area contributed by atoms with Crippen LogP contribution in [0.25, 0.3) is 6.08 Å². The van der Waals surface area contributed by atoms with E-state index in [1.165, 1.54) is 0 Å². The van der Waals surface area contributed by atoms with Crippen LogP contribution in [0.2, 0.25) is 0 Å². The van der Waals surface area contributed by atoms with E-state index in [0.717, 1.165) is 0 Å². The van der Waals surface area contributed by atoms with E-state index in [9.17, 15) is 9.18 Å². The van der Waals surface area contributed by atoms with Crippen molar-refractivity contribution in [2.24, 2.45) is 5.73 Å². The number of amides is 1. The Bertz CT molecular complexity index is 372. The van der Waals surface area contributed by atoms with Gasteiger partial charge in [-0.15, -0.1) is 0 Å². The Balaban J connectivity index is 2.81. The van der Waals surface area contributed by atoms with Crippen molar-refractivity contribution < 1.29 is 9.18 Å². The number of halogens is 1. The summed E-state index contributed by atoms with van der Waals surface area (Å²) in [5, 5.41) is 0.